The summed E-state index contributed by atoms with van der Waals surface area (Å²) in [7, 11) is 1.47. The highest BCUT2D eigenvalue weighted by atomic mass is 35.5. The van der Waals surface area contributed by atoms with Gasteiger partial charge in [0.25, 0.3) is 0 Å². The van der Waals surface area contributed by atoms with E-state index in [0.717, 1.165) is 11.3 Å². The molecule has 146 valence electrons. The number of aromatic nitrogens is 2. The number of piperidine rings is 1. The Bertz CT molecular complexity index is 916. The van der Waals surface area contributed by atoms with Crippen LogP contribution in [-0.4, -0.2) is 42.1 Å². The molecule has 1 aromatic carbocycles. The Morgan fingerprint density at radius 1 is 1.39 bits per heavy atom. The van der Waals surface area contributed by atoms with Gasteiger partial charge >= 0.3 is 0 Å². The summed E-state index contributed by atoms with van der Waals surface area (Å²) in [5.74, 6) is 0.439. The standard InChI is InChI=1S/C20H21ClFN5O/c1-13-15(11-23-2)17(26-12-19-24-6-4-7-25-19)5-8-27(13)14-9-16(22)20(21)18(10-14)28-3/h4,6-7,9-11,13H,2,5,8,12H2,1,3H3/b15-11-,26-17-. The summed E-state index contributed by atoms with van der Waals surface area (Å²) in [4.78, 5) is 19.1. The molecule has 0 amide bonds. The molecule has 0 N–H and O–H groups in total. The number of halogens is 2. The topological polar surface area (TPSA) is 63.0 Å². The predicted molar refractivity (Wildman–Crippen MR) is 110 cm³/mol. The van der Waals surface area contributed by atoms with Gasteiger partial charge in [0.05, 0.1) is 19.7 Å². The molecule has 1 saturated heterocycles. The van der Waals surface area contributed by atoms with E-state index in [1.54, 1.807) is 30.7 Å². The Kier molecular flexibility index (Phi) is 6.36. The van der Waals surface area contributed by atoms with Crippen LogP contribution >= 0.6 is 11.6 Å². The Balaban J connectivity index is 1.89. The number of aliphatic imine (C=N–C) groups is 2. The van der Waals surface area contributed by atoms with Gasteiger partial charge in [-0.05, 0) is 25.8 Å². The van der Waals surface area contributed by atoms with Crippen LogP contribution in [0.2, 0.25) is 5.02 Å². The highest BCUT2D eigenvalue weighted by Crippen LogP contribution is 2.35. The molecule has 0 radical (unpaired) electrons. The minimum absolute atomic E-state index is 0.0236. The molecule has 2 heterocycles. The van der Waals surface area contributed by atoms with Crippen molar-refractivity contribution in [1.82, 2.24) is 9.97 Å². The van der Waals surface area contributed by atoms with Gasteiger partial charge in [0.2, 0.25) is 0 Å². The van der Waals surface area contributed by atoms with Gasteiger partial charge in [0.15, 0.2) is 0 Å². The lowest BCUT2D eigenvalue weighted by Gasteiger charge is -2.38. The maximum atomic E-state index is 14.2. The molecule has 0 aliphatic carbocycles. The molecule has 0 spiro atoms. The number of hydrogen-bond acceptors (Lipinski definition) is 6. The first-order valence-corrected chi connectivity index (χ1v) is 9.18. The van der Waals surface area contributed by atoms with Crippen molar-refractivity contribution in [3.8, 4) is 5.75 Å². The largest absolute Gasteiger partial charge is 0.495 e. The highest BCUT2D eigenvalue weighted by Gasteiger charge is 2.28. The van der Waals surface area contributed by atoms with Gasteiger partial charge in [-0.25, -0.2) is 14.4 Å². The van der Waals surface area contributed by atoms with Gasteiger partial charge in [-0.3, -0.25) is 9.98 Å². The van der Waals surface area contributed by atoms with E-state index in [4.69, 9.17) is 16.3 Å². The van der Waals surface area contributed by atoms with Gasteiger partial charge in [-0.2, -0.15) is 0 Å². The Morgan fingerprint density at radius 3 is 2.82 bits per heavy atom. The van der Waals surface area contributed by atoms with Crippen LogP contribution in [-0.2, 0) is 6.54 Å². The molecular formula is C20H21ClFN5O. The molecule has 1 atom stereocenters. The average Bonchev–Trinajstić information content (AvgIpc) is 2.71. The zero-order valence-corrected chi connectivity index (χ0v) is 16.5. The third-order valence-electron chi connectivity index (χ3n) is 4.63. The molecular weight excluding hydrogens is 381 g/mol. The van der Waals surface area contributed by atoms with Crippen LogP contribution in [0.4, 0.5) is 10.1 Å². The van der Waals surface area contributed by atoms with Crippen molar-refractivity contribution in [2.24, 2.45) is 9.98 Å². The summed E-state index contributed by atoms with van der Waals surface area (Å²) in [6, 6.07) is 4.84. The summed E-state index contributed by atoms with van der Waals surface area (Å²) >= 11 is 5.96. The smallest absolute Gasteiger partial charge is 0.149 e. The Labute approximate surface area is 168 Å². The molecule has 8 heteroatoms. The number of rotatable bonds is 5. The minimum Gasteiger partial charge on any atom is -0.495 e. The Hall–Kier alpha value is -2.80. The summed E-state index contributed by atoms with van der Waals surface area (Å²) in [5.41, 5.74) is 2.53. The second-order valence-corrected chi connectivity index (χ2v) is 6.64. The van der Waals surface area contributed by atoms with Crippen molar-refractivity contribution in [3.05, 3.63) is 59.0 Å². The molecule has 28 heavy (non-hydrogen) atoms. The lowest BCUT2D eigenvalue weighted by Crippen LogP contribution is -2.43. The summed E-state index contributed by atoms with van der Waals surface area (Å²) in [6.07, 6.45) is 5.76. The van der Waals surface area contributed by atoms with Crippen molar-refractivity contribution in [2.45, 2.75) is 25.9 Å². The molecule has 1 aliphatic heterocycles. The fourth-order valence-electron chi connectivity index (χ4n) is 3.22. The molecule has 0 bridgehead atoms. The van der Waals surface area contributed by atoms with Crippen LogP contribution in [0.3, 0.4) is 0 Å². The molecule has 2 aromatic rings. The van der Waals surface area contributed by atoms with E-state index in [1.165, 1.54) is 13.2 Å². The van der Waals surface area contributed by atoms with E-state index in [1.807, 2.05) is 6.92 Å². The third-order valence-corrected chi connectivity index (χ3v) is 5.00. The molecule has 6 nitrogen and oxygen atoms in total. The molecule has 0 saturated carbocycles. The van der Waals surface area contributed by atoms with E-state index in [2.05, 4.69) is 31.6 Å². The SMILES string of the molecule is C=N/C=C1\C(=N/Cc2ncccn2)CCN(c2cc(F)c(Cl)c(OC)c2)C1C. The first kappa shape index (κ1) is 19.9. The van der Waals surface area contributed by atoms with Gasteiger partial charge in [-0.1, -0.05) is 11.6 Å². The molecule has 1 aliphatic rings. The summed E-state index contributed by atoms with van der Waals surface area (Å²) < 4.78 is 19.4. The van der Waals surface area contributed by atoms with Crippen molar-refractivity contribution >= 4 is 29.7 Å². The fourth-order valence-corrected chi connectivity index (χ4v) is 3.41. The first-order valence-electron chi connectivity index (χ1n) is 8.80. The number of ether oxygens (including phenoxy) is 1. The molecule has 3 rings (SSSR count). The lowest BCUT2D eigenvalue weighted by molar-refractivity contribution is 0.411. The van der Waals surface area contributed by atoms with E-state index in [9.17, 15) is 4.39 Å². The maximum absolute atomic E-state index is 14.2. The van der Waals surface area contributed by atoms with Gasteiger partial charge in [0.1, 0.15) is 22.4 Å². The van der Waals surface area contributed by atoms with E-state index in [0.29, 0.717) is 36.8 Å². The number of nitrogens with zero attached hydrogens (tertiary/aromatic N) is 5. The number of hydrogen-bond donors (Lipinski definition) is 0. The van der Waals surface area contributed by atoms with Crippen LogP contribution < -0.4 is 9.64 Å². The lowest BCUT2D eigenvalue weighted by atomic mass is 9.94. The van der Waals surface area contributed by atoms with E-state index >= 15 is 0 Å². The molecule has 1 aromatic heterocycles. The summed E-state index contributed by atoms with van der Waals surface area (Å²) in [5, 5.41) is -0.0236. The van der Waals surface area contributed by atoms with Gasteiger partial charge in [-0.15, -0.1) is 0 Å². The van der Waals surface area contributed by atoms with Crippen molar-refractivity contribution in [2.75, 3.05) is 18.6 Å². The highest BCUT2D eigenvalue weighted by molar-refractivity contribution is 6.32. The second-order valence-electron chi connectivity index (χ2n) is 6.26. The maximum Gasteiger partial charge on any atom is 0.149 e. The van der Waals surface area contributed by atoms with Gasteiger partial charge in [0, 0.05) is 54.6 Å². The van der Waals surface area contributed by atoms with Crippen molar-refractivity contribution < 1.29 is 9.13 Å². The van der Waals surface area contributed by atoms with E-state index < -0.39 is 5.82 Å². The quantitative estimate of drug-likeness (QED) is 0.707. The van der Waals surface area contributed by atoms with Crippen LogP contribution in [0, 0.1) is 5.82 Å². The molecule has 1 unspecified atom stereocenters. The van der Waals surface area contributed by atoms with Crippen molar-refractivity contribution in [1.29, 1.82) is 0 Å². The predicted octanol–water partition coefficient (Wildman–Crippen LogP) is 4.10. The second kappa shape index (κ2) is 8.93. The van der Waals surface area contributed by atoms with Crippen LogP contribution in [0.25, 0.3) is 0 Å². The fraction of sp³-hybridized carbons (Fsp3) is 0.300. The number of anilines is 1. The van der Waals surface area contributed by atoms with Crippen LogP contribution in [0.15, 0.2) is 52.4 Å². The first-order chi connectivity index (χ1) is 13.5. The van der Waals surface area contributed by atoms with E-state index in [-0.39, 0.29) is 11.1 Å². The number of methoxy groups -OCH3 is 1. The number of benzene rings is 1. The van der Waals surface area contributed by atoms with Crippen molar-refractivity contribution in [3.63, 3.8) is 0 Å². The zero-order chi connectivity index (χ0) is 20.1. The normalized spacial score (nSPS) is 19.9. The van der Waals surface area contributed by atoms with Crippen LogP contribution in [0.1, 0.15) is 19.2 Å². The zero-order valence-electron chi connectivity index (χ0n) is 15.8. The minimum atomic E-state index is -0.517. The molecule has 1 fully saturated rings. The van der Waals surface area contributed by atoms with Crippen LogP contribution in [0.5, 0.6) is 5.75 Å². The van der Waals surface area contributed by atoms with Gasteiger partial charge < -0.3 is 9.64 Å². The summed E-state index contributed by atoms with van der Waals surface area (Å²) in [6.45, 7) is 6.64. The monoisotopic (exact) mass is 401 g/mol. The average molecular weight is 402 g/mol. The third kappa shape index (κ3) is 4.20. The Morgan fingerprint density at radius 2 is 2.14 bits per heavy atom.